The topological polar surface area (TPSA) is 64.3 Å². The molecule has 17 heavy (non-hydrogen) atoms. The molecule has 94 valence electrons. The number of carbonyl (C=O) groups excluding carboxylic acids is 1. The minimum atomic E-state index is -2.07. The standard InChI is InChI=1S/C11H15FN2O3/c1-2-17-11(16)9(12)10(15)8-5-13-6-14(8)7-3-4-7/h5-7,9-10,15H,2-4H2,1H3. The van der Waals surface area contributed by atoms with Crippen LogP contribution in [0.1, 0.15) is 37.6 Å². The highest BCUT2D eigenvalue weighted by molar-refractivity contribution is 5.75. The van der Waals surface area contributed by atoms with E-state index in [1.54, 1.807) is 17.8 Å². The summed E-state index contributed by atoms with van der Waals surface area (Å²) in [5.74, 6) is -1.04. The van der Waals surface area contributed by atoms with Gasteiger partial charge >= 0.3 is 5.97 Å². The number of aliphatic hydroxyl groups is 1. The van der Waals surface area contributed by atoms with Gasteiger partial charge in [-0.3, -0.25) is 0 Å². The molecule has 0 radical (unpaired) electrons. The number of esters is 1. The highest BCUT2D eigenvalue weighted by Gasteiger charge is 2.34. The first-order valence-corrected chi connectivity index (χ1v) is 5.65. The first-order valence-electron chi connectivity index (χ1n) is 5.65. The van der Waals surface area contributed by atoms with Crippen LogP contribution < -0.4 is 0 Å². The zero-order valence-electron chi connectivity index (χ0n) is 9.54. The molecule has 0 aromatic carbocycles. The van der Waals surface area contributed by atoms with Crippen molar-refractivity contribution in [3.63, 3.8) is 0 Å². The summed E-state index contributed by atoms with van der Waals surface area (Å²) < 4.78 is 19.9. The lowest BCUT2D eigenvalue weighted by Gasteiger charge is -2.16. The average Bonchev–Trinajstić information content (AvgIpc) is 3.05. The summed E-state index contributed by atoms with van der Waals surface area (Å²) in [6.07, 6.45) is 1.34. The van der Waals surface area contributed by atoms with Gasteiger partial charge in [0.05, 0.1) is 24.8 Å². The summed E-state index contributed by atoms with van der Waals surface area (Å²) in [6.45, 7) is 1.68. The molecular weight excluding hydrogens is 227 g/mol. The van der Waals surface area contributed by atoms with E-state index >= 15 is 0 Å². The summed E-state index contributed by atoms with van der Waals surface area (Å²) in [4.78, 5) is 15.1. The normalized spacial score (nSPS) is 18.8. The maximum Gasteiger partial charge on any atom is 0.343 e. The van der Waals surface area contributed by atoms with Crippen LogP contribution in [0.3, 0.4) is 0 Å². The number of nitrogens with zero attached hydrogens (tertiary/aromatic N) is 2. The van der Waals surface area contributed by atoms with Crippen molar-refractivity contribution >= 4 is 5.97 Å². The Bertz CT molecular complexity index is 403. The van der Waals surface area contributed by atoms with E-state index in [4.69, 9.17) is 0 Å². The second-order valence-electron chi connectivity index (χ2n) is 4.06. The number of rotatable bonds is 5. The second kappa shape index (κ2) is 4.83. The Hall–Kier alpha value is -1.43. The molecule has 1 aromatic rings. The van der Waals surface area contributed by atoms with Crippen molar-refractivity contribution in [2.75, 3.05) is 6.61 Å². The van der Waals surface area contributed by atoms with Gasteiger partial charge in [-0.15, -0.1) is 0 Å². The smallest absolute Gasteiger partial charge is 0.343 e. The quantitative estimate of drug-likeness (QED) is 0.787. The summed E-state index contributed by atoms with van der Waals surface area (Å²) in [5, 5.41) is 9.80. The molecule has 1 saturated carbocycles. The van der Waals surface area contributed by atoms with E-state index in [0.29, 0.717) is 5.69 Å². The first-order chi connectivity index (χ1) is 8.15. The number of aromatic nitrogens is 2. The van der Waals surface area contributed by atoms with Crippen LogP contribution in [-0.2, 0) is 9.53 Å². The lowest BCUT2D eigenvalue weighted by atomic mass is 10.1. The van der Waals surface area contributed by atoms with Crippen LogP contribution >= 0.6 is 0 Å². The third-order valence-electron chi connectivity index (χ3n) is 2.73. The summed E-state index contributed by atoms with van der Waals surface area (Å²) in [6, 6.07) is 0.275. The lowest BCUT2D eigenvalue weighted by Crippen LogP contribution is -2.27. The van der Waals surface area contributed by atoms with E-state index in [1.165, 1.54) is 6.20 Å². The summed E-state index contributed by atoms with van der Waals surface area (Å²) in [5.41, 5.74) is 0.327. The summed E-state index contributed by atoms with van der Waals surface area (Å²) in [7, 11) is 0. The van der Waals surface area contributed by atoms with Crippen molar-refractivity contribution in [3.05, 3.63) is 18.2 Å². The molecule has 1 fully saturated rings. The average molecular weight is 242 g/mol. The SMILES string of the molecule is CCOC(=O)C(F)C(O)c1cncn1C1CC1. The molecule has 1 aliphatic carbocycles. The van der Waals surface area contributed by atoms with Crippen molar-refractivity contribution < 1.29 is 19.0 Å². The van der Waals surface area contributed by atoms with Gasteiger partial charge in [-0.05, 0) is 19.8 Å². The molecule has 0 aliphatic heterocycles. The Morgan fingerprint density at radius 2 is 2.47 bits per heavy atom. The maximum atomic E-state index is 13.6. The maximum absolute atomic E-state index is 13.6. The Kier molecular flexibility index (Phi) is 3.42. The number of aliphatic hydroxyl groups excluding tert-OH is 1. The van der Waals surface area contributed by atoms with Gasteiger partial charge < -0.3 is 14.4 Å². The molecule has 2 atom stereocenters. The van der Waals surface area contributed by atoms with E-state index in [1.807, 2.05) is 0 Å². The molecule has 1 aromatic heterocycles. The predicted octanol–water partition coefficient (Wildman–Crippen LogP) is 1.15. The molecule has 0 bridgehead atoms. The molecule has 0 saturated heterocycles. The highest BCUT2D eigenvalue weighted by atomic mass is 19.1. The summed E-state index contributed by atoms with van der Waals surface area (Å²) >= 11 is 0. The van der Waals surface area contributed by atoms with E-state index in [-0.39, 0.29) is 12.6 Å². The molecule has 2 unspecified atom stereocenters. The fraction of sp³-hybridized carbons (Fsp3) is 0.636. The number of alkyl halides is 1. The Labute approximate surface area is 98.2 Å². The number of imidazole rings is 1. The van der Waals surface area contributed by atoms with Crippen LogP contribution in [0, 0.1) is 0 Å². The van der Waals surface area contributed by atoms with Gasteiger partial charge in [-0.2, -0.15) is 0 Å². The predicted molar refractivity (Wildman–Crippen MR) is 57.0 cm³/mol. The molecule has 1 heterocycles. The Balaban J connectivity index is 2.09. The van der Waals surface area contributed by atoms with Crippen molar-refractivity contribution in [1.82, 2.24) is 9.55 Å². The van der Waals surface area contributed by atoms with Crippen LogP contribution in [-0.4, -0.2) is 33.4 Å². The molecular formula is C11H15FN2O3. The van der Waals surface area contributed by atoms with Crippen molar-refractivity contribution in [3.8, 4) is 0 Å². The number of hydrogen-bond donors (Lipinski definition) is 1. The van der Waals surface area contributed by atoms with Gasteiger partial charge in [0.25, 0.3) is 0 Å². The van der Waals surface area contributed by atoms with Crippen LogP contribution in [0.5, 0.6) is 0 Å². The number of ether oxygens (including phenoxy) is 1. The molecule has 5 nitrogen and oxygen atoms in total. The fourth-order valence-corrected chi connectivity index (χ4v) is 1.70. The monoisotopic (exact) mass is 242 g/mol. The zero-order valence-corrected chi connectivity index (χ0v) is 9.54. The third-order valence-corrected chi connectivity index (χ3v) is 2.73. The number of carbonyl (C=O) groups is 1. The zero-order chi connectivity index (χ0) is 12.4. The molecule has 0 amide bonds. The van der Waals surface area contributed by atoms with Crippen LogP contribution in [0.2, 0.25) is 0 Å². The molecule has 2 rings (SSSR count). The van der Waals surface area contributed by atoms with Crippen LogP contribution in [0.25, 0.3) is 0 Å². The third kappa shape index (κ3) is 2.46. The van der Waals surface area contributed by atoms with Gasteiger partial charge in [0.2, 0.25) is 6.17 Å². The van der Waals surface area contributed by atoms with Crippen molar-refractivity contribution in [1.29, 1.82) is 0 Å². The molecule has 1 aliphatic rings. The van der Waals surface area contributed by atoms with Gasteiger partial charge in [0.15, 0.2) is 0 Å². The van der Waals surface area contributed by atoms with E-state index < -0.39 is 18.2 Å². The lowest BCUT2D eigenvalue weighted by molar-refractivity contribution is -0.153. The van der Waals surface area contributed by atoms with Crippen molar-refractivity contribution in [2.45, 2.75) is 38.1 Å². The molecule has 6 heteroatoms. The molecule has 0 spiro atoms. The minimum absolute atomic E-state index is 0.0911. The van der Waals surface area contributed by atoms with Crippen molar-refractivity contribution in [2.24, 2.45) is 0 Å². The van der Waals surface area contributed by atoms with Gasteiger partial charge in [-0.1, -0.05) is 0 Å². The number of hydrogen-bond acceptors (Lipinski definition) is 4. The van der Waals surface area contributed by atoms with E-state index in [2.05, 4.69) is 9.72 Å². The van der Waals surface area contributed by atoms with E-state index in [9.17, 15) is 14.3 Å². The van der Waals surface area contributed by atoms with Gasteiger partial charge in [0.1, 0.15) is 6.10 Å². The van der Waals surface area contributed by atoms with Crippen LogP contribution in [0.4, 0.5) is 4.39 Å². The fourth-order valence-electron chi connectivity index (χ4n) is 1.70. The first kappa shape index (κ1) is 12.0. The minimum Gasteiger partial charge on any atom is -0.464 e. The highest BCUT2D eigenvalue weighted by Crippen LogP contribution is 2.37. The Morgan fingerprint density at radius 3 is 3.06 bits per heavy atom. The molecule has 1 N–H and O–H groups in total. The van der Waals surface area contributed by atoms with Gasteiger partial charge in [0, 0.05) is 6.04 Å². The number of halogens is 1. The van der Waals surface area contributed by atoms with E-state index in [0.717, 1.165) is 12.8 Å². The second-order valence-corrected chi connectivity index (χ2v) is 4.06. The largest absolute Gasteiger partial charge is 0.464 e. The van der Waals surface area contributed by atoms with Gasteiger partial charge in [-0.25, -0.2) is 14.2 Å². The van der Waals surface area contributed by atoms with Crippen LogP contribution in [0.15, 0.2) is 12.5 Å². The Morgan fingerprint density at radius 1 is 1.76 bits per heavy atom.